The van der Waals surface area contributed by atoms with Crippen LogP contribution in [-0.4, -0.2) is 34.9 Å². The van der Waals surface area contributed by atoms with Gasteiger partial charge < -0.3 is 10.2 Å². The number of hydrogen-bond donors (Lipinski definition) is 1. The predicted molar refractivity (Wildman–Crippen MR) is 106 cm³/mol. The molecule has 2 heterocycles. The summed E-state index contributed by atoms with van der Waals surface area (Å²) in [4.78, 5) is 19.0. The lowest BCUT2D eigenvalue weighted by molar-refractivity contribution is 0.0684. The van der Waals surface area contributed by atoms with E-state index in [9.17, 15) is 4.79 Å². The maximum absolute atomic E-state index is 12.7. The Kier molecular flexibility index (Phi) is 6.26. The standard InChI is InChI=1S/C22H29N3O/c1-3-17(2)24-20-9-10-21(23-16-20)22(26)25-13-11-19(12-14-25)15-18-7-5-4-6-8-18/h4-10,16-17,19,24H,3,11-15H2,1-2H3. The highest BCUT2D eigenvalue weighted by molar-refractivity contribution is 5.92. The minimum Gasteiger partial charge on any atom is -0.381 e. The number of aromatic nitrogens is 1. The second-order valence-electron chi connectivity index (χ2n) is 7.31. The van der Waals surface area contributed by atoms with Crippen LogP contribution in [0.2, 0.25) is 0 Å². The summed E-state index contributed by atoms with van der Waals surface area (Å²) in [7, 11) is 0. The Bertz CT molecular complexity index is 691. The molecular formula is C22H29N3O. The third kappa shape index (κ3) is 4.84. The van der Waals surface area contributed by atoms with Crippen molar-refractivity contribution in [2.45, 2.75) is 45.6 Å². The number of carbonyl (C=O) groups is 1. The van der Waals surface area contributed by atoms with Crippen LogP contribution in [0.3, 0.4) is 0 Å². The number of rotatable bonds is 6. The Morgan fingerprint density at radius 3 is 2.54 bits per heavy atom. The average molecular weight is 351 g/mol. The van der Waals surface area contributed by atoms with Gasteiger partial charge in [0, 0.05) is 19.1 Å². The van der Waals surface area contributed by atoms with Crippen LogP contribution in [0.15, 0.2) is 48.7 Å². The fourth-order valence-electron chi connectivity index (χ4n) is 3.44. The summed E-state index contributed by atoms with van der Waals surface area (Å²) < 4.78 is 0. The third-order valence-electron chi connectivity index (χ3n) is 5.28. The van der Waals surface area contributed by atoms with Crippen molar-refractivity contribution in [3.63, 3.8) is 0 Å². The van der Waals surface area contributed by atoms with E-state index in [-0.39, 0.29) is 5.91 Å². The first kappa shape index (κ1) is 18.4. The number of anilines is 1. The Hall–Kier alpha value is -2.36. The van der Waals surface area contributed by atoms with Gasteiger partial charge >= 0.3 is 0 Å². The molecule has 1 N–H and O–H groups in total. The number of hydrogen-bond acceptors (Lipinski definition) is 3. The molecule has 1 aromatic carbocycles. The number of amides is 1. The quantitative estimate of drug-likeness (QED) is 0.840. The Balaban J connectivity index is 1.51. The summed E-state index contributed by atoms with van der Waals surface area (Å²) in [5, 5.41) is 3.38. The van der Waals surface area contributed by atoms with Gasteiger partial charge in [-0.2, -0.15) is 0 Å². The van der Waals surface area contributed by atoms with Crippen molar-refractivity contribution < 1.29 is 4.79 Å². The molecule has 1 fully saturated rings. The van der Waals surface area contributed by atoms with Crippen LogP contribution < -0.4 is 5.32 Å². The molecule has 1 atom stereocenters. The van der Waals surface area contributed by atoms with Crippen LogP contribution in [0.1, 0.15) is 49.2 Å². The molecule has 0 aliphatic carbocycles. The molecule has 4 heteroatoms. The molecule has 4 nitrogen and oxygen atoms in total. The smallest absolute Gasteiger partial charge is 0.272 e. The van der Waals surface area contributed by atoms with Crippen LogP contribution in [0.5, 0.6) is 0 Å². The van der Waals surface area contributed by atoms with Gasteiger partial charge in [-0.15, -0.1) is 0 Å². The van der Waals surface area contributed by atoms with Crippen molar-refractivity contribution in [1.82, 2.24) is 9.88 Å². The van der Waals surface area contributed by atoms with Crippen molar-refractivity contribution in [1.29, 1.82) is 0 Å². The molecule has 0 radical (unpaired) electrons. The molecule has 1 saturated heterocycles. The van der Waals surface area contributed by atoms with Crippen LogP contribution in [0.4, 0.5) is 5.69 Å². The number of likely N-dealkylation sites (tertiary alicyclic amines) is 1. The van der Waals surface area contributed by atoms with E-state index in [0.29, 0.717) is 17.7 Å². The van der Waals surface area contributed by atoms with Crippen molar-refractivity contribution in [2.75, 3.05) is 18.4 Å². The zero-order valence-electron chi connectivity index (χ0n) is 15.8. The van der Waals surface area contributed by atoms with E-state index in [4.69, 9.17) is 0 Å². The predicted octanol–water partition coefficient (Wildman–Crippen LogP) is 4.39. The van der Waals surface area contributed by atoms with Crippen LogP contribution >= 0.6 is 0 Å². The summed E-state index contributed by atoms with van der Waals surface area (Å²) in [6, 6.07) is 14.8. The monoisotopic (exact) mass is 351 g/mol. The molecular weight excluding hydrogens is 322 g/mol. The number of nitrogens with zero attached hydrogens (tertiary/aromatic N) is 2. The number of carbonyl (C=O) groups excluding carboxylic acids is 1. The van der Waals surface area contributed by atoms with Gasteiger partial charge in [0.1, 0.15) is 5.69 Å². The van der Waals surface area contributed by atoms with Gasteiger partial charge in [-0.3, -0.25) is 4.79 Å². The normalized spacial score (nSPS) is 16.3. The largest absolute Gasteiger partial charge is 0.381 e. The summed E-state index contributed by atoms with van der Waals surface area (Å²) in [5.41, 5.74) is 2.90. The molecule has 1 aromatic heterocycles. The second kappa shape index (κ2) is 8.84. The van der Waals surface area contributed by atoms with Crippen molar-refractivity contribution in [3.05, 3.63) is 59.9 Å². The Morgan fingerprint density at radius 2 is 1.92 bits per heavy atom. The van der Waals surface area contributed by atoms with E-state index in [2.05, 4.69) is 54.5 Å². The summed E-state index contributed by atoms with van der Waals surface area (Å²) in [5.74, 6) is 0.717. The van der Waals surface area contributed by atoms with Gasteiger partial charge in [0.25, 0.3) is 5.91 Å². The highest BCUT2D eigenvalue weighted by atomic mass is 16.2. The molecule has 26 heavy (non-hydrogen) atoms. The van der Waals surface area contributed by atoms with Crippen LogP contribution in [0, 0.1) is 5.92 Å². The maximum atomic E-state index is 12.7. The number of pyridine rings is 1. The molecule has 1 unspecified atom stereocenters. The van der Waals surface area contributed by atoms with Crippen LogP contribution in [-0.2, 0) is 6.42 Å². The van der Waals surface area contributed by atoms with Gasteiger partial charge in [0.15, 0.2) is 0 Å². The van der Waals surface area contributed by atoms with E-state index in [1.165, 1.54) is 5.56 Å². The van der Waals surface area contributed by atoms with E-state index >= 15 is 0 Å². The van der Waals surface area contributed by atoms with Gasteiger partial charge in [-0.05, 0) is 56.2 Å². The first-order chi connectivity index (χ1) is 12.7. The lowest BCUT2D eigenvalue weighted by Crippen LogP contribution is -2.39. The Morgan fingerprint density at radius 1 is 1.19 bits per heavy atom. The Labute approximate surface area is 156 Å². The second-order valence-corrected chi connectivity index (χ2v) is 7.31. The number of nitrogens with one attached hydrogen (secondary N) is 1. The third-order valence-corrected chi connectivity index (χ3v) is 5.28. The fraction of sp³-hybridized carbons (Fsp3) is 0.455. The molecule has 138 valence electrons. The summed E-state index contributed by atoms with van der Waals surface area (Å²) >= 11 is 0. The minimum absolute atomic E-state index is 0.0539. The highest BCUT2D eigenvalue weighted by Crippen LogP contribution is 2.22. The molecule has 2 aromatic rings. The van der Waals surface area contributed by atoms with E-state index < -0.39 is 0 Å². The number of piperidine rings is 1. The van der Waals surface area contributed by atoms with Crippen LogP contribution in [0.25, 0.3) is 0 Å². The zero-order chi connectivity index (χ0) is 18.4. The fourth-order valence-corrected chi connectivity index (χ4v) is 3.44. The van der Waals surface area contributed by atoms with Gasteiger partial charge in [-0.25, -0.2) is 4.98 Å². The van der Waals surface area contributed by atoms with E-state index in [1.54, 1.807) is 6.20 Å². The van der Waals surface area contributed by atoms with Crippen molar-refractivity contribution in [3.8, 4) is 0 Å². The summed E-state index contributed by atoms with van der Waals surface area (Å²) in [6.07, 6.45) is 6.06. The first-order valence-corrected chi connectivity index (χ1v) is 9.71. The van der Waals surface area contributed by atoms with E-state index in [1.807, 2.05) is 17.0 Å². The topological polar surface area (TPSA) is 45.2 Å². The van der Waals surface area contributed by atoms with Crippen molar-refractivity contribution >= 4 is 11.6 Å². The van der Waals surface area contributed by atoms with Crippen molar-refractivity contribution in [2.24, 2.45) is 5.92 Å². The number of benzene rings is 1. The summed E-state index contributed by atoms with van der Waals surface area (Å²) in [6.45, 7) is 5.93. The zero-order valence-corrected chi connectivity index (χ0v) is 15.8. The average Bonchev–Trinajstić information content (AvgIpc) is 2.69. The first-order valence-electron chi connectivity index (χ1n) is 9.71. The molecule has 0 spiro atoms. The molecule has 1 aliphatic heterocycles. The highest BCUT2D eigenvalue weighted by Gasteiger charge is 2.24. The lowest BCUT2D eigenvalue weighted by Gasteiger charge is -2.32. The SMILES string of the molecule is CCC(C)Nc1ccc(C(=O)N2CCC(Cc3ccccc3)CC2)nc1. The van der Waals surface area contributed by atoms with Gasteiger partial charge in [-0.1, -0.05) is 37.3 Å². The molecule has 1 amide bonds. The van der Waals surface area contributed by atoms with Gasteiger partial charge in [0.2, 0.25) is 0 Å². The van der Waals surface area contributed by atoms with Gasteiger partial charge in [0.05, 0.1) is 11.9 Å². The molecule has 1 aliphatic rings. The lowest BCUT2D eigenvalue weighted by atomic mass is 9.90. The molecule has 3 rings (SSSR count). The molecule has 0 saturated carbocycles. The maximum Gasteiger partial charge on any atom is 0.272 e. The van der Waals surface area contributed by atoms with E-state index in [0.717, 1.165) is 44.5 Å². The molecule has 0 bridgehead atoms. The minimum atomic E-state index is 0.0539.